The van der Waals surface area contributed by atoms with E-state index in [4.69, 9.17) is 21.1 Å². The second-order valence-corrected chi connectivity index (χ2v) is 6.36. The fourth-order valence-electron chi connectivity index (χ4n) is 2.33. The van der Waals surface area contributed by atoms with Gasteiger partial charge < -0.3 is 20.1 Å². The minimum absolute atomic E-state index is 0.287. The van der Waals surface area contributed by atoms with E-state index >= 15 is 0 Å². The van der Waals surface area contributed by atoms with Crippen molar-refractivity contribution in [3.63, 3.8) is 0 Å². The molecular formula is C20H23ClN2O4. The molecule has 144 valence electrons. The number of methoxy groups -OCH3 is 1. The Morgan fingerprint density at radius 2 is 1.93 bits per heavy atom. The van der Waals surface area contributed by atoms with Crippen molar-refractivity contribution in [1.82, 2.24) is 5.32 Å². The monoisotopic (exact) mass is 390 g/mol. The molecule has 0 aliphatic heterocycles. The number of rotatable bonds is 8. The Morgan fingerprint density at radius 1 is 1.19 bits per heavy atom. The maximum absolute atomic E-state index is 12.5. The summed E-state index contributed by atoms with van der Waals surface area (Å²) in [6.45, 7) is 4.29. The Balaban J connectivity index is 2.04. The highest BCUT2D eigenvalue weighted by Crippen LogP contribution is 2.22. The van der Waals surface area contributed by atoms with Gasteiger partial charge in [0.05, 0.1) is 17.9 Å². The molecule has 0 fully saturated rings. The van der Waals surface area contributed by atoms with Gasteiger partial charge in [-0.25, -0.2) is 0 Å². The number of para-hydroxylation sites is 1. The van der Waals surface area contributed by atoms with Crippen molar-refractivity contribution in [2.45, 2.75) is 20.0 Å². The van der Waals surface area contributed by atoms with Gasteiger partial charge >= 0.3 is 0 Å². The number of ether oxygens (including phenoxy) is 2. The van der Waals surface area contributed by atoms with E-state index in [0.717, 1.165) is 5.56 Å². The van der Waals surface area contributed by atoms with Crippen LogP contribution < -0.4 is 15.4 Å². The summed E-state index contributed by atoms with van der Waals surface area (Å²) in [5, 5.41) is 6.11. The van der Waals surface area contributed by atoms with Crippen molar-refractivity contribution >= 4 is 29.1 Å². The van der Waals surface area contributed by atoms with Crippen LogP contribution in [0, 0.1) is 6.92 Å². The Morgan fingerprint density at radius 3 is 2.63 bits per heavy atom. The average molecular weight is 391 g/mol. The molecule has 0 radical (unpaired) electrons. The lowest BCUT2D eigenvalue weighted by Gasteiger charge is -2.17. The molecule has 27 heavy (non-hydrogen) atoms. The van der Waals surface area contributed by atoms with Crippen LogP contribution in [0.25, 0.3) is 0 Å². The second-order valence-electron chi connectivity index (χ2n) is 5.95. The third-order valence-corrected chi connectivity index (χ3v) is 4.26. The molecule has 2 N–H and O–H groups in total. The summed E-state index contributed by atoms with van der Waals surface area (Å²) >= 11 is 6.00. The van der Waals surface area contributed by atoms with Crippen LogP contribution in [-0.4, -0.2) is 38.2 Å². The van der Waals surface area contributed by atoms with Crippen molar-refractivity contribution in [2.75, 3.05) is 25.6 Å². The van der Waals surface area contributed by atoms with Gasteiger partial charge in [0.25, 0.3) is 11.8 Å². The molecule has 6 nitrogen and oxygen atoms in total. The number of carbonyl (C=O) groups is 2. The quantitative estimate of drug-likeness (QED) is 0.677. The molecule has 2 aromatic carbocycles. The maximum atomic E-state index is 12.5. The summed E-state index contributed by atoms with van der Waals surface area (Å²) < 4.78 is 10.6. The molecule has 0 saturated heterocycles. The molecule has 2 amide bonds. The van der Waals surface area contributed by atoms with Gasteiger partial charge in [-0.1, -0.05) is 23.7 Å². The Labute approximate surface area is 163 Å². The van der Waals surface area contributed by atoms with Crippen molar-refractivity contribution in [3.05, 3.63) is 58.6 Å². The summed E-state index contributed by atoms with van der Waals surface area (Å²) in [7, 11) is 1.56. The average Bonchev–Trinajstić information content (AvgIpc) is 2.65. The van der Waals surface area contributed by atoms with Crippen LogP contribution in [-0.2, 0) is 9.53 Å². The first-order chi connectivity index (χ1) is 12.9. The highest BCUT2D eigenvalue weighted by Gasteiger charge is 2.18. The molecule has 0 unspecified atom stereocenters. The highest BCUT2D eigenvalue weighted by molar-refractivity contribution is 6.31. The second kappa shape index (κ2) is 9.94. The van der Waals surface area contributed by atoms with E-state index in [9.17, 15) is 9.59 Å². The third-order valence-electron chi connectivity index (χ3n) is 3.83. The lowest BCUT2D eigenvalue weighted by atomic mass is 10.1. The zero-order valence-corrected chi connectivity index (χ0v) is 16.3. The normalized spacial score (nSPS) is 11.6. The molecule has 1 atom stereocenters. The molecule has 0 saturated carbocycles. The van der Waals surface area contributed by atoms with Crippen molar-refractivity contribution in [2.24, 2.45) is 0 Å². The minimum Gasteiger partial charge on any atom is -0.481 e. The highest BCUT2D eigenvalue weighted by atomic mass is 35.5. The summed E-state index contributed by atoms with van der Waals surface area (Å²) in [5.74, 6) is -0.102. The van der Waals surface area contributed by atoms with Crippen molar-refractivity contribution in [3.8, 4) is 5.75 Å². The van der Waals surface area contributed by atoms with Crippen molar-refractivity contribution in [1.29, 1.82) is 0 Å². The minimum atomic E-state index is -0.754. The Kier molecular flexibility index (Phi) is 7.64. The van der Waals surface area contributed by atoms with Gasteiger partial charge in [0, 0.05) is 18.7 Å². The molecule has 0 aliphatic carbocycles. The van der Waals surface area contributed by atoms with E-state index in [1.807, 2.05) is 6.92 Å². The topological polar surface area (TPSA) is 76.7 Å². The van der Waals surface area contributed by atoms with Crippen LogP contribution in [0.5, 0.6) is 5.75 Å². The maximum Gasteiger partial charge on any atom is 0.265 e. The Hall–Kier alpha value is -2.57. The molecule has 2 aromatic rings. The first kappa shape index (κ1) is 20.7. The van der Waals surface area contributed by atoms with E-state index in [0.29, 0.717) is 35.2 Å². The molecule has 0 heterocycles. The van der Waals surface area contributed by atoms with Gasteiger partial charge in [0.15, 0.2) is 6.10 Å². The number of nitrogens with one attached hydrogen (secondary N) is 2. The summed E-state index contributed by atoms with van der Waals surface area (Å²) in [4.78, 5) is 24.8. The SMILES string of the molecule is COCCNC(=O)c1ccccc1NC(=O)[C@H](C)Oc1ccc(Cl)c(C)c1. The zero-order valence-electron chi connectivity index (χ0n) is 15.5. The molecule has 7 heteroatoms. The van der Waals surface area contributed by atoms with E-state index in [-0.39, 0.29) is 11.8 Å². The van der Waals surface area contributed by atoms with E-state index in [1.54, 1.807) is 56.5 Å². The predicted molar refractivity (Wildman–Crippen MR) is 106 cm³/mol. The van der Waals surface area contributed by atoms with Gasteiger partial charge in [0.1, 0.15) is 5.75 Å². The summed E-state index contributed by atoms with van der Waals surface area (Å²) in [6.07, 6.45) is -0.754. The molecule has 0 aliphatic rings. The van der Waals surface area contributed by atoms with Crippen LogP contribution >= 0.6 is 11.6 Å². The summed E-state index contributed by atoms with van der Waals surface area (Å²) in [6, 6.07) is 12.0. The number of halogens is 1. The van der Waals surface area contributed by atoms with Gasteiger partial charge in [-0.3, -0.25) is 9.59 Å². The molecular weight excluding hydrogens is 368 g/mol. The van der Waals surface area contributed by atoms with E-state index < -0.39 is 6.10 Å². The van der Waals surface area contributed by atoms with E-state index in [2.05, 4.69) is 10.6 Å². The number of hydrogen-bond donors (Lipinski definition) is 2. The zero-order chi connectivity index (χ0) is 19.8. The number of anilines is 1. The molecule has 0 aromatic heterocycles. The molecule has 0 bridgehead atoms. The fraction of sp³-hybridized carbons (Fsp3) is 0.300. The third kappa shape index (κ3) is 5.98. The van der Waals surface area contributed by atoms with Gasteiger partial charge in [0.2, 0.25) is 0 Å². The number of carbonyl (C=O) groups excluding carboxylic acids is 2. The van der Waals surface area contributed by atoms with Gasteiger partial charge in [-0.15, -0.1) is 0 Å². The first-order valence-electron chi connectivity index (χ1n) is 8.52. The van der Waals surface area contributed by atoms with Crippen LogP contribution in [0.1, 0.15) is 22.8 Å². The number of aryl methyl sites for hydroxylation is 1. The largest absolute Gasteiger partial charge is 0.481 e. The smallest absolute Gasteiger partial charge is 0.265 e. The predicted octanol–water partition coefficient (Wildman–Crippen LogP) is 3.43. The Bertz CT molecular complexity index is 810. The fourth-order valence-corrected chi connectivity index (χ4v) is 2.45. The number of benzene rings is 2. The molecule has 0 spiro atoms. The first-order valence-corrected chi connectivity index (χ1v) is 8.90. The van der Waals surface area contributed by atoms with Crippen LogP contribution in [0.15, 0.2) is 42.5 Å². The van der Waals surface area contributed by atoms with Gasteiger partial charge in [-0.2, -0.15) is 0 Å². The number of amides is 2. The summed E-state index contributed by atoms with van der Waals surface area (Å²) in [5.41, 5.74) is 1.65. The standard InChI is InChI=1S/C20H23ClN2O4/c1-13-12-15(8-9-17(13)21)27-14(2)19(24)23-18-7-5-4-6-16(18)20(25)22-10-11-26-3/h4-9,12,14H,10-11H2,1-3H3,(H,22,25)(H,23,24)/t14-/m0/s1. The van der Waals surface area contributed by atoms with E-state index in [1.165, 1.54) is 0 Å². The van der Waals surface area contributed by atoms with Gasteiger partial charge in [-0.05, 0) is 49.7 Å². The van der Waals surface area contributed by atoms with Crippen LogP contribution in [0.3, 0.4) is 0 Å². The van der Waals surface area contributed by atoms with Crippen molar-refractivity contribution < 1.29 is 19.1 Å². The lowest BCUT2D eigenvalue weighted by Crippen LogP contribution is -2.32. The van der Waals surface area contributed by atoms with Crippen LogP contribution in [0.2, 0.25) is 5.02 Å². The molecule has 2 rings (SSSR count). The lowest BCUT2D eigenvalue weighted by molar-refractivity contribution is -0.122. The van der Waals surface area contributed by atoms with Crippen LogP contribution in [0.4, 0.5) is 5.69 Å². The number of hydrogen-bond acceptors (Lipinski definition) is 4.